The summed E-state index contributed by atoms with van der Waals surface area (Å²) in [7, 11) is 0. The Morgan fingerprint density at radius 3 is 2.69 bits per heavy atom. The summed E-state index contributed by atoms with van der Waals surface area (Å²) in [5.41, 5.74) is 0.680. The first-order valence-electron chi connectivity index (χ1n) is 4.10. The Balaban J connectivity index is 2.50. The van der Waals surface area contributed by atoms with Crippen molar-refractivity contribution >= 4 is 33.8 Å². The molecule has 1 fully saturated rings. The maximum atomic E-state index is 10.9. The van der Waals surface area contributed by atoms with Crippen molar-refractivity contribution in [3.63, 3.8) is 0 Å². The van der Waals surface area contributed by atoms with Gasteiger partial charge in [-0.25, -0.2) is 0 Å². The zero-order valence-corrected chi connectivity index (χ0v) is 9.23. The summed E-state index contributed by atoms with van der Waals surface area (Å²) in [6, 6.07) is 5.64. The highest BCUT2D eigenvalue weighted by Gasteiger charge is 2.45. The Morgan fingerprint density at radius 2 is 2.15 bits per heavy atom. The van der Waals surface area contributed by atoms with Gasteiger partial charge in [0.2, 0.25) is 0 Å². The Kier molecular flexibility index (Phi) is 2.20. The van der Waals surface area contributed by atoms with Crippen LogP contribution in [0, 0.1) is 0 Å². The molecule has 1 saturated carbocycles. The second kappa shape index (κ2) is 3.10. The highest BCUT2D eigenvalue weighted by Crippen LogP contribution is 2.49. The van der Waals surface area contributed by atoms with E-state index < -0.39 is 0 Å². The SMILES string of the molecule is O=CC1(c2cc(Br)ccc2Cl)CC1. The maximum Gasteiger partial charge on any atom is 0.130 e. The molecule has 1 nitrogen and oxygen atoms in total. The highest BCUT2D eigenvalue weighted by atomic mass is 79.9. The number of carbonyl (C=O) groups is 1. The molecule has 68 valence electrons. The van der Waals surface area contributed by atoms with E-state index in [4.69, 9.17) is 11.6 Å². The number of carbonyl (C=O) groups excluding carboxylic acids is 1. The van der Waals surface area contributed by atoms with Gasteiger partial charge in [0.25, 0.3) is 0 Å². The minimum Gasteiger partial charge on any atom is -0.302 e. The molecule has 0 atom stereocenters. The molecule has 1 aromatic carbocycles. The first kappa shape index (κ1) is 9.22. The van der Waals surface area contributed by atoms with Gasteiger partial charge in [-0.05, 0) is 36.6 Å². The lowest BCUT2D eigenvalue weighted by Crippen LogP contribution is -2.08. The molecule has 0 unspecified atom stereocenters. The number of halogens is 2. The molecule has 0 spiro atoms. The second-order valence-corrected chi connectivity index (χ2v) is 4.72. The number of benzene rings is 1. The van der Waals surface area contributed by atoms with Crippen LogP contribution in [-0.4, -0.2) is 6.29 Å². The van der Waals surface area contributed by atoms with Gasteiger partial charge < -0.3 is 4.79 Å². The summed E-state index contributed by atoms with van der Waals surface area (Å²) in [6.07, 6.45) is 2.86. The molecule has 0 amide bonds. The van der Waals surface area contributed by atoms with Crippen molar-refractivity contribution in [2.45, 2.75) is 18.3 Å². The smallest absolute Gasteiger partial charge is 0.130 e. The molecule has 0 aromatic heterocycles. The van der Waals surface area contributed by atoms with E-state index in [0.717, 1.165) is 29.2 Å². The molecule has 1 aliphatic carbocycles. The van der Waals surface area contributed by atoms with Gasteiger partial charge in [0.05, 0.1) is 5.41 Å². The minimum atomic E-state index is -0.277. The first-order valence-corrected chi connectivity index (χ1v) is 5.27. The van der Waals surface area contributed by atoms with Gasteiger partial charge in [-0.1, -0.05) is 27.5 Å². The number of aldehydes is 1. The van der Waals surface area contributed by atoms with Crippen molar-refractivity contribution < 1.29 is 4.79 Å². The third-order valence-electron chi connectivity index (χ3n) is 2.48. The summed E-state index contributed by atoms with van der Waals surface area (Å²) in [6.45, 7) is 0. The summed E-state index contributed by atoms with van der Waals surface area (Å²) in [4.78, 5) is 10.9. The van der Waals surface area contributed by atoms with E-state index in [9.17, 15) is 4.79 Å². The van der Waals surface area contributed by atoms with E-state index in [1.54, 1.807) is 0 Å². The van der Waals surface area contributed by atoms with Crippen LogP contribution in [0.2, 0.25) is 5.02 Å². The van der Waals surface area contributed by atoms with Gasteiger partial charge >= 0.3 is 0 Å². The zero-order valence-electron chi connectivity index (χ0n) is 6.89. The second-order valence-electron chi connectivity index (χ2n) is 3.40. The molecule has 1 aliphatic rings. The molecule has 0 saturated heterocycles. The monoisotopic (exact) mass is 258 g/mol. The Morgan fingerprint density at radius 1 is 1.46 bits per heavy atom. The van der Waals surface area contributed by atoms with Crippen LogP contribution in [-0.2, 0) is 10.2 Å². The number of rotatable bonds is 2. The van der Waals surface area contributed by atoms with Crippen LogP contribution in [0.1, 0.15) is 18.4 Å². The van der Waals surface area contributed by atoms with Crippen molar-refractivity contribution in [2.24, 2.45) is 0 Å². The van der Waals surface area contributed by atoms with Crippen molar-refractivity contribution in [1.82, 2.24) is 0 Å². The van der Waals surface area contributed by atoms with E-state index in [0.29, 0.717) is 5.02 Å². The fourth-order valence-electron chi connectivity index (χ4n) is 1.46. The highest BCUT2D eigenvalue weighted by molar-refractivity contribution is 9.10. The van der Waals surface area contributed by atoms with Crippen LogP contribution in [0.5, 0.6) is 0 Å². The Labute approximate surface area is 90.2 Å². The van der Waals surface area contributed by atoms with Crippen molar-refractivity contribution in [2.75, 3.05) is 0 Å². The van der Waals surface area contributed by atoms with Crippen LogP contribution < -0.4 is 0 Å². The molecule has 2 rings (SSSR count). The lowest BCUT2D eigenvalue weighted by Gasteiger charge is -2.09. The van der Waals surface area contributed by atoms with Gasteiger partial charge in [-0.2, -0.15) is 0 Å². The van der Waals surface area contributed by atoms with Gasteiger partial charge in [-0.3, -0.25) is 0 Å². The van der Waals surface area contributed by atoms with Crippen LogP contribution in [0.25, 0.3) is 0 Å². The predicted molar refractivity (Wildman–Crippen MR) is 56.1 cm³/mol. The molecule has 0 aliphatic heterocycles. The van der Waals surface area contributed by atoms with Crippen LogP contribution in [0.4, 0.5) is 0 Å². The maximum absolute atomic E-state index is 10.9. The third-order valence-corrected chi connectivity index (χ3v) is 3.30. The predicted octanol–water partition coefficient (Wildman–Crippen LogP) is 3.33. The standard InChI is InChI=1S/C10H8BrClO/c11-7-1-2-9(12)8(5-7)10(6-13)3-4-10/h1-2,5-6H,3-4H2. The molecular formula is C10H8BrClO. The van der Waals surface area contributed by atoms with E-state index >= 15 is 0 Å². The Bertz CT molecular complexity index is 358. The number of hydrogen-bond acceptors (Lipinski definition) is 1. The van der Waals surface area contributed by atoms with Crippen LogP contribution >= 0.6 is 27.5 Å². The summed E-state index contributed by atoms with van der Waals surface area (Å²) in [5.74, 6) is 0. The van der Waals surface area contributed by atoms with E-state index in [2.05, 4.69) is 15.9 Å². The van der Waals surface area contributed by atoms with Crippen molar-refractivity contribution in [3.05, 3.63) is 33.3 Å². The fourth-order valence-corrected chi connectivity index (χ4v) is 2.13. The molecule has 0 bridgehead atoms. The summed E-state index contributed by atoms with van der Waals surface area (Å²) >= 11 is 9.39. The average molecular weight is 260 g/mol. The van der Waals surface area contributed by atoms with Gasteiger partial charge in [0.1, 0.15) is 6.29 Å². The quantitative estimate of drug-likeness (QED) is 0.745. The molecule has 0 N–H and O–H groups in total. The van der Waals surface area contributed by atoms with Crippen molar-refractivity contribution in [3.8, 4) is 0 Å². The molecule has 3 heteroatoms. The van der Waals surface area contributed by atoms with Crippen molar-refractivity contribution in [1.29, 1.82) is 0 Å². The third kappa shape index (κ3) is 1.53. The Hall–Kier alpha value is -0.340. The normalized spacial score (nSPS) is 18.3. The van der Waals surface area contributed by atoms with E-state index in [-0.39, 0.29) is 5.41 Å². The lowest BCUT2D eigenvalue weighted by molar-refractivity contribution is -0.109. The van der Waals surface area contributed by atoms with E-state index in [1.807, 2.05) is 18.2 Å². The molecule has 1 aromatic rings. The molecule has 13 heavy (non-hydrogen) atoms. The minimum absolute atomic E-state index is 0.277. The fraction of sp³-hybridized carbons (Fsp3) is 0.300. The topological polar surface area (TPSA) is 17.1 Å². The first-order chi connectivity index (χ1) is 6.18. The lowest BCUT2D eigenvalue weighted by atomic mass is 9.98. The summed E-state index contributed by atoms with van der Waals surface area (Å²) in [5, 5.41) is 0.688. The molecule has 0 heterocycles. The van der Waals surface area contributed by atoms with Gasteiger partial charge in [-0.15, -0.1) is 0 Å². The largest absolute Gasteiger partial charge is 0.302 e. The number of hydrogen-bond donors (Lipinski definition) is 0. The molecule has 0 radical (unpaired) electrons. The van der Waals surface area contributed by atoms with Crippen LogP contribution in [0.15, 0.2) is 22.7 Å². The summed E-state index contributed by atoms with van der Waals surface area (Å²) < 4.78 is 0.972. The van der Waals surface area contributed by atoms with Crippen LogP contribution in [0.3, 0.4) is 0 Å². The molecular weight excluding hydrogens is 251 g/mol. The van der Waals surface area contributed by atoms with Gasteiger partial charge in [0, 0.05) is 9.50 Å². The zero-order chi connectivity index (χ0) is 9.47. The average Bonchev–Trinajstić information content (AvgIpc) is 2.90. The van der Waals surface area contributed by atoms with Gasteiger partial charge in [0.15, 0.2) is 0 Å². The van der Waals surface area contributed by atoms with E-state index in [1.165, 1.54) is 0 Å².